The molecule has 0 heterocycles. The summed E-state index contributed by atoms with van der Waals surface area (Å²) in [5.41, 5.74) is 0. The zero-order valence-electron chi connectivity index (χ0n) is 21.6. The Hall–Kier alpha value is 1.51. The van der Waals surface area contributed by atoms with Crippen LogP contribution in [0.3, 0.4) is 0 Å². The van der Waals surface area contributed by atoms with Crippen LogP contribution in [0.4, 0.5) is 0 Å². The van der Waals surface area contributed by atoms with Gasteiger partial charge in [0, 0.05) is 0 Å². The molecule has 0 saturated heterocycles. The molecule has 0 aliphatic heterocycles. The van der Waals surface area contributed by atoms with E-state index in [-0.39, 0.29) is 0 Å². The summed E-state index contributed by atoms with van der Waals surface area (Å²) in [5.74, 6) is 0. The minimum atomic E-state index is -1.17. The maximum atomic E-state index is 3.03. The first-order chi connectivity index (χ1) is 14.1. The van der Waals surface area contributed by atoms with Gasteiger partial charge in [-0.3, -0.25) is 0 Å². The highest BCUT2D eigenvalue weighted by Gasteiger charge is 2.46. The molecular formula is C25H57P3Si. The van der Waals surface area contributed by atoms with Gasteiger partial charge in [0.1, 0.15) is 7.08 Å². The van der Waals surface area contributed by atoms with Crippen molar-refractivity contribution in [1.82, 2.24) is 0 Å². The molecule has 0 aliphatic carbocycles. The van der Waals surface area contributed by atoms with Crippen molar-refractivity contribution in [2.24, 2.45) is 0 Å². The Bertz CT molecular complexity index is 277. The summed E-state index contributed by atoms with van der Waals surface area (Å²) in [6.07, 6.45) is 27.5. The van der Waals surface area contributed by atoms with Crippen LogP contribution < -0.4 is 0 Å². The van der Waals surface area contributed by atoms with Gasteiger partial charge in [-0.15, -0.1) is 22.4 Å². The molecule has 0 aromatic rings. The Labute approximate surface area is 191 Å². The highest BCUT2D eigenvalue weighted by Crippen LogP contribution is 2.77. The molecule has 0 unspecified atom stereocenters. The maximum Gasteiger partial charge on any atom is 0.131 e. The number of hydrogen-bond acceptors (Lipinski definition) is 0. The summed E-state index contributed by atoms with van der Waals surface area (Å²) >= 11 is 0. The third-order valence-corrected chi connectivity index (χ3v) is 45.3. The summed E-state index contributed by atoms with van der Waals surface area (Å²) in [6, 6.07) is 0. The lowest BCUT2D eigenvalue weighted by molar-refractivity contribution is 0.867. The minimum Gasteiger partial charge on any atom is -0.109 e. The van der Waals surface area contributed by atoms with Crippen molar-refractivity contribution in [2.75, 3.05) is 37.0 Å². The Morgan fingerprint density at radius 2 is 0.552 bits per heavy atom. The summed E-state index contributed by atoms with van der Waals surface area (Å²) in [5, 5.41) is 0. The summed E-state index contributed by atoms with van der Waals surface area (Å²) in [6.45, 7) is 17.6. The molecule has 0 aromatic heterocycles. The predicted molar refractivity (Wildman–Crippen MR) is 151 cm³/mol. The van der Waals surface area contributed by atoms with E-state index in [1.165, 1.54) is 77.0 Å². The second-order valence-corrected chi connectivity index (χ2v) is 33.8. The Morgan fingerprint density at radius 3 is 0.690 bits per heavy atom. The molecule has 29 heavy (non-hydrogen) atoms. The molecule has 0 radical (unpaired) electrons. The average molecular weight is 479 g/mol. The highest BCUT2D eigenvalue weighted by atomic mass is 31.9. The normalized spacial score (nSPS) is 12.6. The maximum absolute atomic E-state index is 3.03. The zero-order chi connectivity index (χ0) is 22.0. The average Bonchev–Trinajstić information content (AvgIpc) is 2.73. The van der Waals surface area contributed by atoms with Gasteiger partial charge in [-0.1, -0.05) is 86.6 Å². The Kier molecular flexibility index (Phi) is 21.2. The van der Waals surface area contributed by atoms with E-state index in [0.29, 0.717) is 22.4 Å². The van der Waals surface area contributed by atoms with Gasteiger partial charge in [-0.05, 0) is 75.5 Å². The topological polar surface area (TPSA) is 0 Å². The van der Waals surface area contributed by atoms with Crippen LogP contribution in [0.5, 0.6) is 0 Å². The van der Waals surface area contributed by atoms with E-state index in [0.717, 1.165) is 0 Å². The van der Waals surface area contributed by atoms with Crippen LogP contribution in [0.15, 0.2) is 0 Å². The first-order valence-corrected chi connectivity index (χ1v) is 23.5. The molecule has 0 saturated carbocycles. The fraction of sp³-hybridized carbons (Fsp3) is 1.00. The van der Waals surface area contributed by atoms with Gasteiger partial charge in [-0.2, -0.15) is 0 Å². The van der Waals surface area contributed by atoms with Gasteiger partial charge in [0.25, 0.3) is 0 Å². The molecule has 0 amide bonds. The second-order valence-electron chi connectivity index (χ2n) is 9.05. The van der Waals surface area contributed by atoms with E-state index in [9.17, 15) is 0 Å². The van der Waals surface area contributed by atoms with Crippen molar-refractivity contribution in [3.63, 3.8) is 0 Å². The van der Waals surface area contributed by atoms with Crippen LogP contribution in [0.1, 0.15) is 119 Å². The van der Waals surface area contributed by atoms with E-state index in [2.05, 4.69) is 48.1 Å². The zero-order valence-corrected chi connectivity index (χ0v) is 25.3. The molecular weight excluding hydrogens is 421 g/mol. The van der Waals surface area contributed by atoms with Gasteiger partial charge in [-0.25, -0.2) is 0 Å². The van der Waals surface area contributed by atoms with Crippen LogP contribution in [-0.2, 0) is 0 Å². The third kappa shape index (κ3) is 11.8. The first-order valence-electron chi connectivity index (χ1n) is 13.3. The molecule has 0 nitrogen and oxygen atoms in total. The van der Waals surface area contributed by atoms with E-state index >= 15 is 0 Å². The monoisotopic (exact) mass is 478 g/mol. The van der Waals surface area contributed by atoms with Crippen LogP contribution >= 0.6 is 22.4 Å². The smallest absolute Gasteiger partial charge is 0.109 e. The Morgan fingerprint density at radius 1 is 0.379 bits per heavy atom. The van der Waals surface area contributed by atoms with Gasteiger partial charge < -0.3 is 0 Å². The van der Waals surface area contributed by atoms with Gasteiger partial charge in [0.15, 0.2) is 0 Å². The van der Waals surface area contributed by atoms with E-state index in [1.54, 1.807) is 37.0 Å². The number of rotatable bonds is 21. The van der Waals surface area contributed by atoms with Crippen LogP contribution in [0.25, 0.3) is 0 Å². The van der Waals surface area contributed by atoms with Crippen molar-refractivity contribution < 1.29 is 0 Å². The largest absolute Gasteiger partial charge is 0.131 e. The van der Waals surface area contributed by atoms with Gasteiger partial charge >= 0.3 is 0 Å². The molecule has 0 fully saturated rings. The Balaban J connectivity index is 6.01. The minimum absolute atomic E-state index is 0.334. The van der Waals surface area contributed by atoms with Crippen LogP contribution in [-0.4, -0.2) is 44.0 Å². The quantitative estimate of drug-likeness (QED) is 0.114. The molecule has 0 aliphatic rings. The fourth-order valence-electron chi connectivity index (χ4n) is 4.30. The van der Waals surface area contributed by atoms with Crippen molar-refractivity contribution in [3.05, 3.63) is 0 Å². The standard InChI is InChI=1S/C25H57P3Si/c1-8-14-20-26(21-15-9-2)29(7,27(22-16-10-3)23-17-11-4)28(24-18-12-5)25-19-13-6/h8-25H2,1-7H3. The van der Waals surface area contributed by atoms with Gasteiger partial charge in [0.2, 0.25) is 0 Å². The number of hydrogen-bond donors (Lipinski definition) is 0. The molecule has 0 atom stereocenters. The fourth-order valence-corrected chi connectivity index (χ4v) is 48.6. The second kappa shape index (κ2) is 20.1. The summed E-state index contributed by atoms with van der Waals surface area (Å²) < 4.78 is 0. The van der Waals surface area contributed by atoms with Crippen LogP contribution in [0, 0.1) is 0 Å². The SMILES string of the molecule is CCCCP(CCCC)[Si](C)(P(CCCC)CCCC)P(CCCC)CCCC. The highest BCUT2D eigenvalue weighted by molar-refractivity contribution is 8.47. The van der Waals surface area contributed by atoms with E-state index < -0.39 is 7.08 Å². The molecule has 0 bridgehead atoms. The van der Waals surface area contributed by atoms with E-state index in [4.69, 9.17) is 0 Å². The third-order valence-electron chi connectivity index (χ3n) is 6.49. The van der Waals surface area contributed by atoms with Gasteiger partial charge in [0.05, 0.1) is 0 Å². The first kappa shape index (κ1) is 30.5. The lowest BCUT2D eigenvalue weighted by atomic mass is 10.4. The summed E-state index contributed by atoms with van der Waals surface area (Å²) in [4.78, 5) is 0. The predicted octanol–water partition coefficient (Wildman–Crippen LogP) is 10.8. The molecule has 0 aromatic carbocycles. The van der Waals surface area contributed by atoms with Crippen molar-refractivity contribution in [3.8, 4) is 0 Å². The lowest BCUT2D eigenvalue weighted by Gasteiger charge is -2.49. The van der Waals surface area contributed by atoms with Crippen molar-refractivity contribution in [2.45, 2.75) is 125 Å². The summed E-state index contributed by atoms with van der Waals surface area (Å²) in [7, 11) is -0.166. The lowest BCUT2D eigenvalue weighted by Crippen LogP contribution is -2.32. The number of unbranched alkanes of at least 4 members (excludes halogenated alkanes) is 6. The molecule has 0 N–H and O–H groups in total. The van der Waals surface area contributed by atoms with Crippen molar-refractivity contribution in [1.29, 1.82) is 0 Å². The van der Waals surface area contributed by atoms with Crippen LogP contribution in [0.2, 0.25) is 6.55 Å². The van der Waals surface area contributed by atoms with Crippen molar-refractivity contribution >= 4 is 29.5 Å². The molecule has 176 valence electrons. The molecule has 0 rings (SSSR count). The van der Waals surface area contributed by atoms with E-state index in [1.807, 2.05) is 0 Å². The molecule has 4 heteroatoms. The molecule has 0 spiro atoms.